The second kappa shape index (κ2) is 4.94. The number of aliphatic hydroxyl groups excluding tert-OH is 1. The van der Waals surface area contributed by atoms with Gasteiger partial charge >= 0.3 is 0 Å². The zero-order valence-corrected chi connectivity index (χ0v) is 7.63. The molecule has 2 nitrogen and oxygen atoms in total. The first kappa shape index (κ1) is 10.2. The minimum atomic E-state index is -0.555. The molecule has 13 heavy (non-hydrogen) atoms. The molecule has 72 valence electrons. The van der Waals surface area contributed by atoms with Crippen LogP contribution in [0.3, 0.4) is 0 Å². The summed E-state index contributed by atoms with van der Waals surface area (Å²) in [4.78, 5) is 0. The van der Waals surface area contributed by atoms with Crippen LogP contribution in [0.1, 0.15) is 18.6 Å². The van der Waals surface area contributed by atoms with Crippen molar-refractivity contribution in [2.24, 2.45) is 0 Å². The smallest absolute Gasteiger partial charge is 0.123 e. The van der Waals surface area contributed by atoms with Gasteiger partial charge in [0, 0.05) is 6.54 Å². The molecule has 0 unspecified atom stereocenters. The first-order valence-corrected chi connectivity index (χ1v) is 4.38. The van der Waals surface area contributed by atoms with Crippen molar-refractivity contribution in [3.05, 3.63) is 35.6 Å². The van der Waals surface area contributed by atoms with Crippen molar-refractivity contribution in [1.29, 1.82) is 0 Å². The van der Waals surface area contributed by atoms with Gasteiger partial charge in [-0.15, -0.1) is 0 Å². The van der Waals surface area contributed by atoms with Crippen molar-refractivity contribution in [3.8, 4) is 0 Å². The zero-order valence-electron chi connectivity index (χ0n) is 7.63. The van der Waals surface area contributed by atoms with Crippen molar-refractivity contribution in [2.45, 2.75) is 13.0 Å². The number of hydrogen-bond acceptors (Lipinski definition) is 2. The molecule has 1 rings (SSSR count). The van der Waals surface area contributed by atoms with Crippen LogP contribution in [0.15, 0.2) is 24.3 Å². The van der Waals surface area contributed by atoms with Gasteiger partial charge < -0.3 is 10.4 Å². The second-order valence-electron chi connectivity index (χ2n) is 2.88. The van der Waals surface area contributed by atoms with Crippen LogP contribution in [0.4, 0.5) is 4.39 Å². The summed E-state index contributed by atoms with van der Waals surface area (Å²) in [7, 11) is 0. The molecule has 0 bridgehead atoms. The van der Waals surface area contributed by atoms with Gasteiger partial charge in [-0.25, -0.2) is 4.39 Å². The van der Waals surface area contributed by atoms with Crippen molar-refractivity contribution < 1.29 is 9.50 Å². The fourth-order valence-electron chi connectivity index (χ4n) is 1.08. The quantitative estimate of drug-likeness (QED) is 0.740. The van der Waals surface area contributed by atoms with E-state index in [4.69, 9.17) is 0 Å². The summed E-state index contributed by atoms with van der Waals surface area (Å²) in [5.41, 5.74) is 0.738. The van der Waals surface area contributed by atoms with Crippen LogP contribution in [-0.4, -0.2) is 18.2 Å². The molecule has 1 aromatic carbocycles. The van der Waals surface area contributed by atoms with Crippen LogP contribution < -0.4 is 5.32 Å². The highest BCUT2D eigenvalue weighted by molar-refractivity contribution is 5.18. The topological polar surface area (TPSA) is 32.3 Å². The second-order valence-corrected chi connectivity index (χ2v) is 2.88. The molecule has 0 aromatic heterocycles. The third kappa shape index (κ3) is 3.13. The Balaban J connectivity index is 2.55. The average molecular weight is 183 g/mol. The van der Waals surface area contributed by atoms with Crippen LogP contribution in [0.2, 0.25) is 0 Å². The third-order valence-corrected chi connectivity index (χ3v) is 1.84. The summed E-state index contributed by atoms with van der Waals surface area (Å²) in [5, 5.41) is 12.6. The van der Waals surface area contributed by atoms with Gasteiger partial charge in [-0.05, 0) is 24.2 Å². The SMILES string of the molecule is CCNC[C@H](O)c1ccc(F)cc1. The van der Waals surface area contributed by atoms with E-state index >= 15 is 0 Å². The normalized spacial score (nSPS) is 12.8. The number of nitrogens with one attached hydrogen (secondary N) is 1. The largest absolute Gasteiger partial charge is 0.387 e. The molecule has 0 heterocycles. The Morgan fingerprint density at radius 1 is 1.38 bits per heavy atom. The molecule has 0 aliphatic rings. The van der Waals surface area contributed by atoms with Gasteiger partial charge in [0.15, 0.2) is 0 Å². The molecular weight excluding hydrogens is 169 g/mol. The number of likely N-dealkylation sites (N-methyl/N-ethyl adjacent to an activating group) is 1. The van der Waals surface area contributed by atoms with E-state index in [9.17, 15) is 9.50 Å². The van der Waals surface area contributed by atoms with E-state index in [1.54, 1.807) is 12.1 Å². The van der Waals surface area contributed by atoms with E-state index in [1.807, 2.05) is 6.92 Å². The molecular formula is C10H14FNO. The number of aliphatic hydroxyl groups is 1. The highest BCUT2D eigenvalue weighted by atomic mass is 19.1. The number of hydrogen-bond donors (Lipinski definition) is 2. The Morgan fingerprint density at radius 2 is 2.00 bits per heavy atom. The van der Waals surface area contributed by atoms with Gasteiger partial charge in [-0.1, -0.05) is 19.1 Å². The lowest BCUT2D eigenvalue weighted by Gasteiger charge is -2.10. The van der Waals surface area contributed by atoms with Gasteiger partial charge in [0.2, 0.25) is 0 Å². The fraction of sp³-hybridized carbons (Fsp3) is 0.400. The van der Waals surface area contributed by atoms with Gasteiger partial charge in [0.25, 0.3) is 0 Å². The first-order chi connectivity index (χ1) is 6.24. The summed E-state index contributed by atoms with van der Waals surface area (Å²) in [5.74, 6) is -0.278. The average Bonchev–Trinajstić information content (AvgIpc) is 2.15. The third-order valence-electron chi connectivity index (χ3n) is 1.84. The van der Waals surface area contributed by atoms with E-state index in [-0.39, 0.29) is 5.82 Å². The van der Waals surface area contributed by atoms with Crippen molar-refractivity contribution >= 4 is 0 Å². The van der Waals surface area contributed by atoms with E-state index in [2.05, 4.69) is 5.32 Å². The highest BCUT2D eigenvalue weighted by Gasteiger charge is 2.05. The predicted molar refractivity (Wildman–Crippen MR) is 49.9 cm³/mol. The lowest BCUT2D eigenvalue weighted by atomic mass is 10.1. The summed E-state index contributed by atoms with van der Waals surface area (Å²) in [6.07, 6.45) is -0.555. The summed E-state index contributed by atoms with van der Waals surface area (Å²) in [6, 6.07) is 5.89. The maximum atomic E-state index is 12.5. The Morgan fingerprint density at radius 3 is 2.54 bits per heavy atom. The van der Waals surface area contributed by atoms with E-state index in [1.165, 1.54) is 12.1 Å². The van der Waals surface area contributed by atoms with Gasteiger partial charge in [0.1, 0.15) is 5.82 Å². The number of benzene rings is 1. The maximum Gasteiger partial charge on any atom is 0.123 e. The summed E-state index contributed by atoms with van der Waals surface area (Å²) in [6.45, 7) is 3.29. The zero-order chi connectivity index (χ0) is 9.68. The predicted octanol–water partition coefficient (Wildman–Crippen LogP) is 1.47. The standard InChI is InChI=1S/C10H14FNO/c1-2-12-7-10(13)8-3-5-9(11)6-4-8/h3-6,10,12-13H,2,7H2,1H3/t10-/m0/s1. The van der Waals surface area contributed by atoms with Crippen LogP contribution in [-0.2, 0) is 0 Å². The van der Waals surface area contributed by atoms with E-state index < -0.39 is 6.10 Å². The van der Waals surface area contributed by atoms with Crippen LogP contribution in [0.25, 0.3) is 0 Å². The number of halogens is 1. The molecule has 0 radical (unpaired) electrons. The lowest BCUT2D eigenvalue weighted by molar-refractivity contribution is 0.175. The molecule has 0 amide bonds. The van der Waals surface area contributed by atoms with Gasteiger partial charge in [-0.3, -0.25) is 0 Å². The first-order valence-electron chi connectivity index (χ1n) is 4.38. The maximum absolute atomic E-state index is 12.5. The van der Waals surface area contributed by atoms with E-state index in [0.29, 0.717) is 6.54 Å². The molecule has 1 aromatic rings. The fourth-order valence-corrected chi connectivity index (χ4v) is 1.08. The molecule has 0 spiro atoms. The Bertz CT molecular complexity index is 248. The molecule has 0 fully saturated rings. The minimum absolute atomic E-state index is 0.278. The lowest BCUT2D eigenvalue weighted by Crippen LogP contribution is -2.20. The molecule has 2 N–H and O–H groups in total. The highest BCUT2D eigenvalue weighted by Crippen LogP contribution is 2.11. The Labute approximate surface area is 77.4 Å². The molecule has 0 aliphatic carbocycles. The molecule has 1 atom stereocenters. The Hall–Kier alpha value is -0.930. The summed E-state index contributed by atoms with van der Waals surface area (Å²) >= 11 is 0. The van der Waals surface area contributed by atoms with Gasteiger partial charge in [0.05, 0.1) is 6.10 Å². The van der Waals surface area contributed by atoms with Crippen LogP contribution in [0, 0.1) is 5.82 Å². The Kier molecular flexibility index (Phi) is 3.86. The van der Waals surface area contributed by atoms with Crippen molar-refractivity contribution in [2.75, 3.05) is 13.1 Å². The summed E-state index contributed by atoms with van der Waals surface area (Å²) < 4.78 is 12.5. The monoisotopic (exact) mass is 183 g/mol. The van der Waals surface area contributed by atoms with Crippen LogP contribution in [0.5, 0.6) is 0 Å². The molecule has 0 saturated heterocycles. The molecule has 3 heteroatoms. The van der Waals surface area contributed by atoms with Gasteiger partial charge in [-0.2, -0.15) is 0 Å². The van der Waals surface area contributed by atoms with Crippen molar-refractivity contribution in [1.82, 2.24) is 5.32 Å². The van der Waals surface area contributed by atoms with E-state index in [0.717, 1.165) is 12.1 Å². The minimum Gasteiger partial charge on any atom is -0.387 e. The molecule has 0 saturated carbocycles. The number of rotatable bonds is 4. The van der Waals surface area contributed by atoms with Crippen molar-refractivity contribution in [3.63, 3.8) is 0 Å². The molecule has 0 aliphatic heterocycles. The van der Waals surface area contributed by atoms with Crippen LogP contribution >= 0.6 is 0 Å².